The van der Waals surface area contributed by atoms with Crippen LogP contribution >= 0.6 is 0 Å². The van der Waals surface area contributed by atoms with Crippen molar-refractivity contribution < 1.29 is 14.3 Å². The van der Waals surface area contributed by atoms with Crippen LogP contribution < -0.4 is 0 Å². The molecule has 3 rings (SSSR count). The first-order chi connectivity index (χ1) is 10.0. The third-order valence-electron chi connectivity index (χ3n) is 5.24. The molecule has 0 N–H and O–H groups in total. The molecule has 1 spiro atoms. The van der Waals surface area contributed by atoms with Crippen LogP contribution in [0, 0.1) is 11.3 Å². The Morgan fingerprint density at radius 2 is 2.14 bits per heavy atom. The molecule has 2 atom stereocenters. The van der Waals surface area contributed by atoms with Crippen LogP contribution in [0.4, 0.5) is 0 Å². The molecular formula is C16H26N2O3. The second-order valence-corrected chi connectivity index (χ2v) is 7.31. The van der Waals surface area contributed by atoms with Gasteiger partial charge in [0.1, 0.15) is 0 Å². The molecule has 3 fully saturated rings. The summed E-state index contributed by atoms with van der Waals surface area (Å²) in [6.07, 6.45) is 3.45. The average Bonchev–Trinajstić information content (AvgIpc) is 3.12. The predicted octanol–water partition coefficient (Wildman–Crippen LogP) is 1.27. The number of ether oxygens (including phenoxy) is 1. The fraction of sp³-hybridized carbons (Fsp3) is 0.875. The highest BCUT2D eigenvalue weighted by atomic mass is 16.5. The Kier molecular flexibility index (Phi) is 4.06. The lowest BCUT2D eigenvalue weighted by atomic mass is 9.87. The monoisotopic (exact) mass is 294 g/mol. The molecule has 0 unspecified atom stereocenters. The van der Waals surface area contributed by atoms with Crippen molar-refractivity contribution in [2.75, 3.05) is 32.8 Å². The Balaban J connectivity index is 1.62. The number of carbonyl (C=O) groups is 2. The summed E-state index contributed by atoms with van der Waals surface area (Å²) in [4.78, 5) is 28.4. The first-order valence-corrected chi connectivity index (χ1v) is 8.17. The van der Waals surface area contributed by atoms with Crippen LogP contribution in [0.25, 0.3) is 0 Å². The Hall–Kier alpha value is -0.940. The van der Waals surface area contributed by atoms with E-state index in [1.165, 1.54) is 4.90 Å². The summed E-state index contributed by atoms with van der Waals surface area (Å²) in [6.45, 7) is 8.30. The van der Waals surface area contributed by atoms with Gasteiger partial charge in [0.05, 0.1) is 19.1 Å². The fourth-order valence-corrected chi connectivity index (χ4v) is 3.78. The third-order valence-corrected chi connectivity index (χ3v) is 5.24. The molecule has 0 saturated carbocycles. The van der Waals surface area contributed by atoms with Gasteiger partial charge >= 0.3 is 0 Å². The van der Waals surface area contributed by atoms with E-state index >= 15 is 0 Å². The minimum Gasteiger partial charge on any atom is -0.381 e. The van der Waals surface area contributed by atoms with Crippen LogP contribution in [-0.4, -0.2) is 60.5 Å². The Morgan fingerprint density at radius 3 is 2.81 bits per heavy atom. The summed E-state index contributed by atoms with van der Waals surface area (Å²) in [5.41, 5.74) is 0.245. The Bertz CT molecular complexity index is 429. The molecule has 3 aliphatic heterocycles. The second kappa shape index (κ2) is 5.69. The quantitative estimate of drug-likeness (QED) is 0.733. The zero-order valence-electron chi connectivity index (χ0n) is 13.1. The number of hydrogen-bond donors (Lipinski definition) is 0. The molecule has 5 nitrogen and oxygen atoms in total. The molecule has 0 aliphatic carbocycles. The first-order valence-electron chi connectivity index (χ1n) is 8.17. The van der Waals surface area contributed by atoms with Crippen LogP contribution in [-0.2, 0) is 14.3 Å². The van der Waals surface area contributed by atoms with Gasteiger partial charge in [0.2, 0.25) is 11.8 Å². The second-order valence-electron chi connectivity index (χ2n) is 7.31. The maximum atomic E-state index is 12.6. The summed E-state index contributed by atoms with van der Waals surface area (Å²) in [5.74, 6) is 0.543. The van der Waals surface area contributed by atoms with Gasteiger partial charge in [-0.15, -0.1) is 0 Å². The number of hydrogen-bond acceptors (Lipinski definition) is 4. The van der Waals surface area contributed by atoms with Gasteiger partial charge in [0, 0.05) is 25.1 Å². The highest BCUT2D eigenvalue weighted by Gasteiger charge is 2.48. The molecule has 3 heterocycles. The molecule has 3 saturated heterocycles. The molecule has 118 valence electrons. The molecule has 0 aromatic carbocycles. The highest BCUT2D eigenvalue weighted by molar-refractivity contribution is 6.05. The topological polar surface area (TPSA) is 49.9 Å². The van der Waals surface area contributed by atoms with Crippen LogP contribution in [0.15, 0.2) is 0 Å². The lowest BCUT2D eigenvalue weighted by Gasteiger charge is -2.25. The summed E-state index contributed by atoms with van der Waals surface area (Å²) >= 11 is 0. The largest absolute Gasteiger partial charge is 0.381 e. The molecule has 0 bridgehead atoms. The minimum atomic E-state index is -0.218. The number of rotatable bonds is 4. The maximum absolute atomic E-state index is 12.6. The van der Waals surface area contributed by atoms with Crippen molar-refractivity contribution in [1.82, 2.24) is 9.80 Å². The van der Waals surface area contributed by atoms with Gasteiger partial charge in [-0.3, -0.25) is 19.4 Å². The summed E-state index contributed by atoms with van der Waals surface area (Å²) in [6, 6.07) is -0.218. The molecule has 21 heavy (non-hydrogen) atoms. The van der Waals surface area contributed by atoms with Gasteiger partial charge in [0.15, 0.2) is 0 Å². The summed E-state index contributed by atoms with van der Waals surface area (Å²) in [7, 11) is 0. The van der Waals surface area contributed by atoms with Crippen molar-refractivity contribution in [3.63, 3.8) is 0 Å². The zero-order valence-corrected chi connectivity index (χ0v) is 13.1. The molecule has 0 radical (unpaired) electrons. The van der Waals surface area contributed by atoms with E-state index in [1.54, 1.807) is 0 Å². The normalized spacial score (nSPS) is 34.0. The SMILES string of the molecule is CC(C)CCN1C(=O)C[C@H](N2CC[C@@]3(CCOC3)C2)C1=O. The van der Waals surface area contributed by atoms with Crippen molar-refractivity contribution in [1.29, 1.82) is 0 Å². The Morgan fingerprint density at radius 1 is 1.33 bits per heavy atom. The molecular weight excluding hydrogens is 268 g/mol. The predicted molar refractivity (Wildman–Crippen MR) is 78.6 cm³/mol. The highest BCUT2D eigenvalue weighted by Crippen LogP contribution is 2.40. The van der Waals surface area contributed by atoms with E-state index in [4.69, 9.17) is 4.74 Å². The first kappa shape index (κ1) is 15.0. The maximum Gasteiger partial charge on any atom is 0.247 e. The Labute approximate surface area is 126 Å². The van der Waals surface area contributed by atoms with Crippen molar-refractivity contribution >= 4 is 11.8 Å². The van der Waals surface area contributed by atoms with Gasteiger partial charge in [-0.1, -0.05) is 13.8 Å². The van der Waals surface area contributed by atoms with Crippen LogP contribution in [0.1, 0.15) is 39.5 Å². The lowest BCUT2D eigenvalue weighted by Crippen LogP contribution is -2.42. The van der Waals surface area contributed by atoms with E-state index in [1.807, 2.05) is 0 Å². The minimum absolute atomic E-state index is 0.00859. The fourth-order valence-electron chi connectivity index (χ4n) is 3.78. The van der Waals surface area contributed by atoms with Gasteiger partial charge in [0.25, 0.3) is 0 Å². The van der Waals surface area contributed by atoms with E-state index in [-0.39, 0.29) is 23.3 Å². The number of carbonyl (C=O) groups excluding carboxylic acids is 2. The molecule has 0 aromatic rings. The molecule has 0 aromatic heterocycles. The zero-order chi connectivity index (χ0) is 15.0. The van der Waals surface area contributed by atoms with Gasteiger partial charge in [-0.05, 0) is 31.7 Å². The van der Waals surface area contributed by atoms with Crippen molar-refractivity contribution in [3.8, 4) is 0 Å². The number of nitrogens with zero attached hydrogens (tertiary/aromatic N) is 2. The van der Waals surface area contributed by atoms with Crippen LogP contribution in [0.3, 0.4) is 0 Å². The average molecular weight is 294 g/mol. The van der Waals surface area contributed by atoms with E-state index < -0.39 is 0 Å². The van der Waals surface area contributed by atoms with Gasteiger partial charge in [-0.2, -0.15) is 0 Å². The van der Waals surface area contributed by atoms with Crippen molar-refractivity contribution in [2.45, 2.75) is 45.6 Å². The van der Waals surface area contributed by atoms with Gasteiger partial charge in [-0.25, -0.2) is 0 Å². The van der Waals surface area contributed by atoms with Crippen LogP contribution in [0.5, 0.6) is 0 Å². The van der Waals surface area contributed by atoms with Crippen LogP contribution in [0.2, 0.25) is 0 Å². The third kappa shape index (κ3) is 2.86. The van der Waals surface area contributed by atoms with Crippen molar-refractivity contribution in [3.05, 3.63) is 0 Å². The van der Waals surface area contributed by atoms with E-state index in [9.17, 15) is 9.59 Å². The summed E-state index contributed by atoms with van der Waals surface area (Å²) < 4.78 is 5.54. The number of amides is 2. The van der Waals surface area contributed by atoms with Gasteiger partial charge < -0.3 is 4.74 Å². The number of imide groups is 1. The van der Waals surface area contributed by atoms with E-state index in [2.05, 4.69) is 18.7 Å². The van der Waals surface area contributed by atoms with E-state index in [0.717, 1.165) is 45.6 Å². The van der Waals surface area contributed by atoms with E-state index in [0.29, 0.717) is 18.9 Å². The molecule has 2 amide bonds. The smallest absolute Gasteiger partial charge is 0.247 e. The molecule has 5 heteroatoms. The van der Waals surface area contributed by atoms with Crippen molar-refractivity contribution in [2.24, 2.45) is 11.3 Å². The molecule has 3 aliphatic rings. The lowest BCUT2D eigenvalue weighted by molar-refractivity contribution is -0.139. The number of likely N-dealkylation sites (tertiary alicyclic amines) is 2. The standard InChI is InChI=1S/C16H26N2O3/c1-12(2)3-6-18-14(19)9-13(15(18)20)17-7-4-16(10-17)5-8-21-11-16/h12-13H,3-11H2,1-2H3/t13-,16+/m0/s1. The summed E-state index contributed by atoms with van der Waals surface area (Å²) in [5, 5.41) is 0.